The van der Waals surface area contributed by atoms with Crippen molar-refractivity contribution in [3.8, 4) is 0 Å². The third kappa shape index (κ3) is 5.95. The van der Waals surface area contributed by atoms with Crippen LogP contribution in [0.25, 0.3) is 10.8 Å². The van der Waals surface area contributed by atoms with Crippen molar-refractivity contribution >= 4 is 52.0 Å². The first-order chi connectivity index (χ1) is 12.2. The summed E-state index contributed by atoms with van der Waals surface area (Å²) in [6, 6.07) is 15.1. The van der Waals surface area contributed by atoms with E-state index in [1.807, 2.05) is 6.92 Å². The van der Waals surface area contributed by atoms with Crippen molar-refractivity contribution in [2.45, 2.75) is 19.8 Å². The molecule has 6 heteroatoms. The monoisotopic (exact) mass is 480 g/mol. The van der Waals surface area contributed by atoms with E-state index in [0.29, 0.717) is 0 Å². The summed E-state index contributed by atoms with van der Waals surface area (Å²) in [6.45, 7) is 3.72. The number of hydrogen-bond acceptors (Lipinski definition) is 3. The van der Waals surface area contributed by atoms with E-state index in [4.69, 9.17) is 0 Å². The standard InChI is InChI=1S/C20H24N4S.HI/c1-15-24-19(14-25-15)10-12-23-20(21-2)22-11-9-16-7-8-17-5-3-4-6-18(17)13-16;/h3-8,13-14H,9-12H2,1-2H3,(H2,21,22,23);1H. The molecular weight excluding hydrogens is 455 g/mol. The highest BCUT2D eigenvalue weighted by Crippen LogP contribution is 2.15. The van der Waals surface area contributed by atoms with Gasteiger partial charge in [-0.2, -0.15) is 0 Å². The summed E-state index contributed by atoms with van der Waals surface area (Å²) in [5, 5.41) is 12.5. The van der Waals surface area contributed by atoms with Crippen LogP contribution in [0.15, 0.2) is 52.8 Å². The SMILES string of the molecule is CN=C(NCCc1ccc2ccccc2c1)NCCc1csc(C)n1.I. The Labute approximate surface area is 176 Å². The van der Waals surface area contributed by atoms with Gasteiger partial charge in [0.25, 0.3) is 0 Å². The Bertz CT molecular complexity index is 860. The highest BCUT2D eigenvalue weighted by atomic mass is 127. The topological polar surface area (TPSA) is 49.3 Å². The predicted molar refractivity (Wildman–Crippen MR) is 123 cm³/mol. The Morgan fingerprint density at radius 2 is 1.77 bits per heavy atom. The average Bonchev–Trinajstić information content (AvgIpc) is 3.05. The van der Waals surface area contributed by atoms with E-state index >= 15 is 0 Å². The normalized spacial score (nSPS) is 11.2. The second kappa shape index (κ2) is 10.5. The van der Waals surface area contributed by atoms with E-state index in [1.54, 1.807) is 18.4 Å². The molecule has 0 radical (unpaired) electrons. The number of nitrogens with one attached hydrogen (secondary N) is 2. The molecule has 0 aliphatic rings. The van der Waals surface area contributed by atoms with Gasteiger partial charge in [-0.1, -0.05) is 42.5 Å². The number of aromatic nitrogens is 1. The number of hydrogen-bond donors (Lipinski definition) is 2. The molecule has 26 heavy (non-hydrogen) atoms. The maximum atomic E-state index is 4.48. The summed E-state index contributed by atoms with van der Waals surface area (Å²) in [4.78, 5) is 8.76. The number of aliphatic imine (C=N–C) groups is 1. The van der Waals surface area contributed by atoms with E-state index < -0.39 is 0 Å². The van der Waals surface area contributed by atoms with E-state index in [1.165, 1.54) is 16.3 Å². The van der Waals surface area contributed by atoms with Gasteiger partial charge in [0.2, 0.25) is 0 Å². The van der Waals surface area contributed by atoms with Gasteiger partial charge in [0, 0.05) is 31.9 Å². The summed E-state index contributed by atoms with van der Waals surface area (Å²) in [5.74, 6) is 0.841. The van der Waals surface area contributed by atoms with Gasteiger partial charge in [0.15, 0.2) is 5.96 Å². The van der Waals surface area contributed by atoms with Crippen LogP contribution in [-0.4, -0.2) is 31.1 Å². The molecule has 0 unspecified atom stereocenters. The zero-order valence-corrected chi connectivity index (χ0v) is 18.3. The molecule has 2 N–H and O–H groups in total. The smallest absolute Gasteiger partial charge is 0.190 e. The third-order valence-electron chi connectivity index (χ3n) is 4.08. The number of guanidine groups is 1. The lowest BCUT2D eigenvalue weighted by Gasteiger charge is -2.11. The van der Waals surface area contributed by atoms with Crippen LogP contribution in [0.5, 0.6) is 0 Å². The summed E-state index contributed by atoms with van der Waals surface area (Å²) in [6.07, 6.45) is 1.88. The van der Waals surface area contributed by atoms with E-state index in [0.717, 1.165) is 42.6 Å². The van der Waals surface area contributed by atoms with Gasteiger partial charge in [-0.15, -0.1) is 35.3 Å². The number of rotatable bonds is 6. The molecular formula is C20H25IN4S. The fourth-order valence-corrected chi connectivity index (χ4v) is 3.42. The van der Waals surface area contributed by atoms with Crippen LogP contribution in [0.3, 0.4) is 0 Å². The van der Waals surface area contributed by atoms with Crippen molar-refractivity contribution in [2.75, 3.05) is 20.1 Å². The fourth-order valence-electron chi connectivity index (χ4n) is 2.77. The molecule has 0 bridgehead atoms. The minimum Gasteiger partial charge on any atom is -0.356 e. The van der Waals surface area contributed by atoms with Crippen LogP contribution in [0.1, 0.15) is 16.3 Å². The molecule has 3 rings (SSSR count). The molecule has 1 heterocycles. The highest BCUT2D eigenvalue weighted by molar-refractivity contribution is 14.0. The summed E-state index contributed by atoms with van der Waals surface area (Å²) in [5.41, 5.74) is 2.47. The van der Waals surface area contributed by atoms with Gasteiger partial charge in [0.1, 0.15) is 0 Å². The molecule has 0 aliphatic carbocycles. The molecule has 0 saturated carbocycles. The zero-order chi connectivity index (χ0) is 17.5. The zero-order valence-electron chi connectivity index (χ0n) is 15.2. The summed E-state index contributed by atoms with van der Waals surface area (Å²) < 4.78 is 0. The number of halogens is 1. The van der Waals surface area contributed by atoms with Crippen LogP contribution >= 0.6 is 35.3 Å². The quantitative estimate of drug-likeness (QED) is 0.316. The fraction of sp³-hybridized carbons (Fsp3) is 0.300. The van der Waals surface area contributed by atoms with E-state index in [2.05, 4.69) is 68.5 Å². The van der Waals surface area contributed by atoms with Gasteiger partial charge in [-0.25, -0.2) is 4.98 Å². The number of nitrogens with zero attached hydrogens (tertiary/aromatic N) is 2. The number of thiazole rings is 1. The van der Waals surface area contributed by atoms with Gasteiger partial charge in [0.05, 0.1) is 10.7 Å². The molecule has 2 aromatic carbocycles. The molecule has 0 atom stereocenters. The number of aryl methyl sites for hydroxylation is 1. The maximum absolute atomic E-state index is 4.48. The molecule has 0 spiro atoms. The molecule has 1 aromatic heterocycles. The van der Waals surface area contributed by atoms with Crippen LogP contribution in [0.2, 0.25) is 0 Å². The molecule has 0 amide bonds. The third-order valence-corrected chi connectivity index (χ3v) is 4.91. The first kappa shape index (κ1) is 20.6. The van der Waals surface area contributed by atoms with Gasteiger partial charge >= 0.3 is 0 Å². The first-order valence-electron chi connectivity index (χ1n) is 8.58. The minimum atomic E-state index is 0. The lowest BCUT2D eigenvalue weighted by Crippen LogP contribution is -2.39. The van der Waals surface area contributed by atoms with Crippen LogP contribution < -0.4 is 10.6 Å². The van der Waals surface area contributed by atoms with Crippen LogP contribution in [-0.2, 0) is 12.8 Å². The molecule has 0 aliphatic heterocycles. The molecule has 3 aromatic rings. The predicted octanol–water partition coefficient (Wildman–Crippen LogP) is 4.17. The molecule has 0 saturated heterocycles. The molecule has 138 valence electrons. The number of fused-ring (bicyclic) bond motifs is 1. The Morgan fingerprint density at radius 1 is 1.04 bits per heavy atom. The van der Waals surface area contributed by atoms with Crippen molar-refractivity contribution in [3.05, 3.63) is 64.1 Å². The molecule has 4 nitrogen and oxygen atoms in total. The van der Waals surface area contributed by atoms with Gasteiger partial charge in [-0.05, 0) is 29.7 Å². The number of benzene rings is 2. The second-order valence-electron chi connectivity index (χ2n) is 5.97. The lowest BCUT2D eigenvalue weighted by atomic mass is 10.1. The van der Waals surface area contributed by atoms with Crippen molar-refractivity contribution in [1.29, 1.82) is 0 Å². The van der Waals surface area contributed by atoms with Crippen LogP contribution in [0.4, 0.5) is 0 Å². The Morgan fingerprint density at radius 3 is 2.46 bits per heavy atom. The van der Waals surface area contributed by atoms with E-state index in [9.17, 15) is 0 Å². The van der Waals surface area contributed by atoms with E-state index in [-0.39, 0.29) is 24.0 Å². The first-order valence-corrected chi connectivity index (χ1v) is 9.46. The molecule has 0 fully saturated rings. The summed E-state index contributed by atoms with van der Waals surface area (Å²) in [7, 11) is 1.80. The Kier molecular flexibility index (Phi) is 8.31. The Hall–Kier alpha value is -1.67. The van der Waals surface area contributed by atoms with Gasteiger partial charge < -0.3 is 10.6 Å². The Balaban J connectivity index is 0.00000243. The van der Waals surface area contributed by atoms with Gasteiger partial charge in [-0.3, -0.25) is 4.99 Å². The van der Waals surface area contributed by atoms with Crippen molar-refractivity contribution in [3.63, 3.8) is 0 Å². The highest BCUT2D eigenvalue weighted by Gasteiger charge is 2.01. The second-order valence-corrected chi connectivity index (χ2v) is 7.03. The van der Waals surface area contributed by atoms with Crippen LogP contribution in [0, 0.1) is 6.92 Å². The lowest BCUT2D eigenvalue weighted by molar-refractivity contribution is 0.778. The summed E-state index contributed by atoms with van der Waals surface area (Å²) >= 11 is 1.70. The maximum Gasteiger partial charge on any atom is 0.190 e. The average molecular weight is 480 g/mol. The minimum absolute atomic E-state index is 0. The van der Waals surface area contributed by atoms with Crippen molar-refractivity contribution in [2.24, 2.45) is 4.99 Å². The largest absolute Gasteiger partial charge is 0.356 e. The van der Waals surface area contributed by atoms with Crippen molar-refractivity contribution < 1.29 is 0 Å². The van der Waals surface area contributed by atoms with Crippen molar-refractivity contribution in [1.82, 2.24) is 15.6 Å².